The molecule has 158 valence electrons. The van der Waals surface area contributed by atoms with Crippen molar-refractivity contribution in [2.75, 3.05) is 0 Å². The van der Waals surface area contributed by atoms with Crippen LogP contribution in [0.15, 0.2) is 72.5 Å². The minimum Gasteiger partial charge on any atom is -0.442 e. The number of allylic oxidation sites excluding steroid dienone is 2. The van der Waals surface area contributed by atoms with Crippen LogP contribution < -0.4 is 4.74 Å². The van der Waals surface area contributed by atoms with Crippen molar-refractivity contribution in [1.29, 1.82) is 0 Å². The van der Waals surface area contributed by atoms with Gasteiger partial charge < -0.3 is 4.74 Å². The van der Waals surface area contributed by atoms with Crippen LogP contribution >= 0.6 is 0 Å². The first kappa shape index (κ1) is 18.9. The highest BCUT2D eigenvalue weighted by atomic mass is 16.5. The van der Waals surface area contributed by atoms with Crippen LogP contribution in [0.4, 0.5) is 0 Å². The Morgan fingerprint density at radius 3 is 2.72 bits per heavy atom. The number of Topliss-reactive ketones (excluding diaryl/α,β-unsaturated/α-hetero) is 1. The summed E-state index contributed by atoms with van der Waals surface area (Å²) in [5, 5.41) is 4.61. The number of ketones is 1. The minimum absolute atomic E-state index is 0.116. The van der Waals surface area contributed by atoms with E-state index in [-0.39, 0.29) is 17.1 Å². The van der Waals surface area contributed by atoms with Gasteiger partial charge in [0.2, 0.25) is 5.88 Å². The van der Waals surface area contributed by atoms with E-state index in [1.165, 1.54) is 0 Å². The number of pyridine rings is 1. The predicted octanol–water partition coefficient (Wildman–Crippen LogP) is 4.35. The van der Waals surface area contributed by atoms with Crippen molar-refractivity contribution >= 4 is 11.4 Å². The van der Waals surface area contributed by atoms with Gasteiger partial charge in [0.15, 0.2) is 17.3 Å². The quantitative estimate of drug-likeness (QED) is 0.477. The molecule has 0 radical (unpaired) electrons. The van der Waals surface area contributed by atoms with Crippen molar-refractivity contribution in [3.05, 3.63) is 83.6 Å². The Morgan fingerprint density at radius 2 is 1.94 bits per heavy atom. The highest BCUT2D eigenvalue weighted by Crippen LogP contribution is 2.50. The largest absolute Gasteiger partial charge is 0.442 e. The second-order valence-corrected chi connectivity index (χ2v) is 9.13. The van der Waals surface area contributed by atoms with Gasteiger partial charge in [-0.15, -0.1) is 5.10 Å². The highest BCUT2D eigenvalue weighted by Gasteiger charge is 2.43. The van der Waals surface area contributed by atoms with Crippen molar-refractivity contribution in [2.24, 2.45) is 5.41 Å². The Balaban J connectivity index is 1.61. The van der Waals surface area contributed by atoms with Crippen LogP contribution in [0.2, 0.25) is 0 Å². The van der Waals surface area contributed by atoms with Crippen LogP contribution in [0.1, 0.15) is 43.7 Å². The van der Waals surface area contributed by atoms with Gasteiger partial charge in [0.05, 0.1) is 5.56 Å². The van der Waals surface area contributed by atoms with E-state index in [1.807, 2.05) is 42.5 Å². The molecular weight excluding hydrogens is 402 g/mol. The smallest absolute Gasteiger partial charge is 0.228 e. The SMILES string of the molecule is CC1(C)CC(=O)C2=C(C1)Oc1ncn3nc(-c4cccnc4)nc3c1[C@@H]2c1ccccc1. The van der Waals surface area contributed by atoms with E-state index in [9.17, 15) is 4.79 Å². The molecule has 0 unspecified atom stereocenters. The number of rotatable bonds is 2. The number of aromatic nitrogens is 5. The molecule has 2 aliphatic rings. The van der Waals surface area contributed by atoms with Crippen molar-refractivity contribution < 1.29 is 9.53 Å². The zero-order chi connectivity index (χ0) is 21.9. The lowest BCUT2D eigenvalue weighted by Gasteiger charge is -2.37. The van der Waals surface area contributed by atoms with Gasteiger partial charge in [-0.1, -0.05) is 44.2 Å². The molecule has 0 amide bonds. The number of hydrogen-bond acceptors (Lipinski definition) is 6. The summed E-state index contributed by atoms with van der Waals surface area (Å²) in [4.78, 5) is 27.0. The molecule has 6 rings (SSSR count). The topological polar surface area (TPSA) is 82.3 Å². The van der Waals surface area contributed by atoms with Gasteiger partial charge in [0, 0.05) is 42.3 Å². The zero-order valence-corrected chi connectivity index (χ0v) is 17.8. The van der Waals surface area contributed by atoms with E-state index >= 15 is 0 Å². The number of carbonyl (C=O) groups excluding carboxylic acids is 1. The lowest BCUT2D eigenvalue weighted by Crippen LogP contribution is -2.33. The Kier molecular flexibility index (Phi) is 4.02. The molecule has 0 bridgehead atoms. The summed E-state index contributed by atoms with van der Waals surface area (Å²) in [6, 6.07) is 13.8. The van der Waals surface area contributed by atoms with Crippen molar-refractivity contribution in [2.45, 2.75) is 32.6 Å². The molecule has 4 aromatic rings. The summed E-state index contributed by atoms with van der Waals surface area (Å²) in [6.07, 6.45) is 6.24. The minimum atomic E-state index is -0.305. The van der Waals surface area contributed by atoms with Gasteiger partial charge in [0.25, 0.3) is 0 Å². The van der Waals surface area contributed by atoms with E-state index in [0.29, 0.717) is 35.8 Å². The van der Waals surface area contributed by atoms with Crippen LogP contribution in [0.5, 0.6) is 5.88 Å². The van der Waals surface area contributed by atoms with Crippen LogP contribution in [-0.2, 0) is 4.79 Å². The number of ether oxygens (including phenoxy) is 1. The zero-order valence-electron chi connectivity index (χ0n) is 17.8. The first-order chi connectivity index (χ1) is 15.5. The first-order valence-corrected chi connectivity index (χ1v) is 10.6. The highest BCUT2D eigenvalue weighted by molar-refractivity contribution is 6.00. The Morgan fingerprint density at radius 1 is 1.09 bits per heavy atom. The molecule has 0 saturated heterocycles. The van der Waals surface area contributed by atoms with Gasteiger partial charge in [-0.05, 0) is 23.1 Å². The monoisotopic (exact) mass is 423 g/mol. The molecule has 7 heteroatoms. The summed E-state index contributed by atoms with van der Waals surface area (Å²) in [5.41, 5.74) is 3.79. The lowest BCUT2D eigenvalue weighted by molar-refractivity contribution is -0.118. The van der Waals surface area contributed by atoms with E-state index in [0.717, 1.165) is 22.4 Å². The second kappa shape index (κ2) is 6.82. The van der Waals surface area contributed by atoms with E-state index in [1.54, 1.807) is 23.2 Å². The molecule has 1 aliphatic carbocycles. The Hall–Kier alpha value is -3.87. The molecule has 0 saturated carbocycles. The predicted molar refractivity (Wildman–Crippen MR) is 118 cm³/mol. The first-order valence-electron chi connectivity index (χ1n) is 10.6. The molecule has 3 aromatic heterocycles. The third-order valence-corrected chi connectivity index (χ3v) is 6.12. The summed E-state index contributed by atoms with van der Waals surface area (Å²) >= 11 is 0. The number of hydrogen-bond donors (Lipinski definition) is 0. The Labute approximate surface area is 184 Å². The number of fused-ring (bicyclic) bond motifs is 3. The molecule has 0 N–H and O–H groups in total. The molecular formula is C25H21N5O2. The average molecular weight is 423 g/mol. The summed E-state index contributed by atoms with van der Waals surface area (Å²) in [6.45, 7) is 4.20. The van der Waals surface area contributed by atoms with Crippen LogP contribution in [0.3, 0.4) is 0 Å². The lowest BCUT2D eigenvalue weighted by atomic mass is 9.70. The molecule has 0 fully saturated rings. The fourth-order valence-electron chi connectivity index (χ4n) is 4.74. The van der Waals surface area contributed by atoms with Crippen LogP contribution in [0, 0.1) is 5.41 Å². The Bertz CT molecular complexity index is 1390. The van der Waals surface area contributed by atoms with E-state index in [4.69, 9.17) is 9.72 Å². The number of carbonyl (C=O) groups is 1. The molecule has 1 aliphatic heterocycles. The fourth-order valence-corrected chi connectivity index (χ4v) is 4.74. The third-order valence-electron chi connectivity index (χ3n) is 6.12. The van der Waals surface area contributed by atoms with E-state index < -0.39 is 0 Å². The number of benzene rings is 1. The van der Waals surface area contributed by atoms with Crippen molar-refractivity contribution in [3.63, 3.8) is 0 Å². The molecule has 0 spiro atoms. The van der Waals surface area contributed by atoms with Gasteiger partial charge in [-0.2, -0.15) is 0 Å². The van der Waals surface area contributed by atoms with Gasteiger partial charge >= 0.3 is 0 Å². The van der Waals surface area contributed by atoms with E-state index in [2.05, 4.69) is 28.9 Å². The molecule has 1 aromatic carbocycles. The second-order valence-electron chi connectivity index (χ2n) is 9.13. The summed E-state index contributed by atoms with van der Waals surface area (Å²) < 4.78 is 7.93. The molecule has 4 heterocycles. The van der Waals surface area contributed by atoms with Gasteiger partial charge in [0.1, 0.15) is 12.1 Å². The molecule has 1 atom stereocenters. The molecule has 32 heavy (non-hydrogen) atoms. The normalized spacial score (nSPS) is 19.4. The fraction of sp³-hybridized carbons (Fsp3) is 0.240. The maximum Gasteiger partial charge on any atom is 0.228 e. The van der Waals surface area contributed by atoms with Crippen molar-refractivity contribution in [3.8, 4) is 17.3 Å². The van der Waals surface area contributed by atoms with Gasteiger partial charge in [-0.25, -0.2) is 14.5 Å². The van der Waals surface area contributed by atoms with Crippen molar-refractivity contribution in [1.82, 2.24) is 24.6 Å². The summed E-state index contributed by atoms with van der Waals surface area (Å²) in [5.74, 6) is 1.57. The average Bonchev–Trinajstić information content (AvgIpc) is 3.23. The van der Waals surface area contributed by atoms with Crippen LogP contribution in [-0.4, -0.2) is 30.3 Å². The maximum atomic E-state index is 13.4. The van der Waals surface area contributed by atoms with Gasteiger partial charge in [-0.3, -0.25) is 9.78 Å². The standard InChI is InChI=1S/C25H21N5O2/c1-25(2)11-17(31)20-18(12-25)32-24-21(19(20)15-7-4-3-5-8-15)23-28-22(29-30(23)14-27-24)16-9-6-10-26-13-16/h3-10,13-14,19H,11-12H2,1-2H3/t19-/m1/s1. The summed E-state index contributed by atoms with van der Waals surface area (Å²) in [7, 11) is 0. The maximum absolute atomic E-state index is 13.4. The van der Waals surface area contributed by atoms with Crippen LogP contribution in [0.25, 0.3) is 17.0 Å². The molecule has 7 nitrogen and oxygen atoms in total. The number of nitrogens with zero attached hydrogens (tertiary/aromatic N) is 5. The third kappa shape index (κ3) is 2.92.